The van der Waals surface area contributed by atoms with Crippen molar-refractivity contribution in [3.63, 3.8) is 0 Å². The zero-order valence-electron chi connectivity index (χ0n) is 15.6. The lowest BCUT2D eigenvalue weighted by Gasteiger charge is -2.32. The van der Waals surface area contributed by atoms with E-state index in [2.05, 4.69) is 5.32 Å². The molecule has 3 aliphatic rings. The Morgan fingerprint density at radius 1 is 1.20 bits per heavy atom. The van der Waals surface area contributed by atoms with Crippen molar-refractivity contribution in [3.8, 4) is 0 Å². The van der Waals surface area contributed by atoms with Gasteiger partial charge in [-0.3, -0.25) is 9.59 Å². The first-order valence-electron chi connectivity index (χ1n) is 9.70. The lowest BCUT2D eigenvalue weighted by atomic mass is 9.84. The number of carbonyl (C=O) groups is 2. The molecule has 0 aromatic heterocycles. The van der Waals surface area contributed by atoms with E-state index in [4.69, 9.17) is 9.47 Å². The first-order valence-corrected chi connectivity index (χ1v) is 9.70. The van der Waals surface area contributed by atoms with Crippen LogP contribution in [0.15, 0.2) is 0 Å². The molecule has 2 aliphatic heterocycles. The molecule has 1 aliphatic carbocycles. The molecule has 1 saturated carbocycles. The monoisotopic (exact) mass is 352 g/mol. The smallest absolute Gasteiger partial charge is 0.228 e. The summed E-state index contributed by atoms with van der Waals surface area (Å²) in [5.74, 6) is 1.67. The van der Waals surface area contributed by atoms with Crippen molar-refractivity contribution in [2.24, 2.45) is 23.2 Å². The SMILES string of the molecule is CN(CCNC(=O)C1(C)CCCOC1)C(=O)[C@@H]1C[C@H]1C1CCOCC1. The summed E-state index contributed by atoms with van der Waals surface area (Å²) in [6, 6.07) is 0. The van der Waals surface area contributed by atoms with Crippen LogP contribution in [0.1, 0.15) is 39.0 Å². The summed E-state index contributed by atoms with van der Waals surface area (Å²) in [5.41, 5.74) is -0.425. The van der Waals surface area contributed by atoms with E-state index in [0.29, 0.717) is 31.5 Å². The fraction of sp³-hybridized carbons (Fsp3) is 0.895. The fourth-order valence-electron chi connectivity index (χ4n) is 4.22. The molecule has 25 heavy (non-hydrogen) atoms. The van der Waals surface area contributed by atoms with Crippen molar-refractivity contribution in [1.29, 1.82) is 0 Å². The molecule has 6 nitrogen and oxygen atoms in total. The van der Waals surface area contributed by atoms with Crippen LogP contribution < -0.4 is 5.32 Å². The second kappa shape index (κ2) is 8.04. The maximum atomic E-state index is 12.6. The maximum Gasteiger partial charge on any atom is 0.228 e. The van der Waals surface area contributed by atoms with E-state index in [1.807, 2.05) is 14.0 Å². The number of amides is 2. The number of ether oxygens (including phenoxy) is 2. The molecular formula is C19H32N2O4. The number of carbonyl (C=O) groups excluding carboxylic acids is 2. The molecule has 0 aromatic carbocycles. The number of nitrogens with one attached hydrogen (secondary N) is 1. The molecule has 2 amide bonds. The molecule has 0 aromatic rings. The van der Waals surface area contributed by atoms with Gasteiger partial charge in [-0.15, -0.1) is 0 Å². The minimum atomic E-state index is -0.425. The summed E-state index contributed by atoms with van der Waals surface area (Å²) in [7, 11) is 1.85. The van der Waals surface area contributed by atoms with Crippen molar-refractivity contribution in [2.45, 2.75) is 39.0 Å². The molecule has 2 saturated heterocycles. The largest absolute Gasteiger partial charge is 0.381 e. The quantitative estimate of drug-likeness (QED) is 0.785. The standard InChI is InChI=1S/C19H32N2O4/c1-19(6-3-9-25-13-19)18(23)20-7-8-21(2)17(22)16-12-15(16)14-4-10-24-11-5-14/h14-16H,3-13H2,1-2H3,(H,20,23)/t15-,16+,19?/m0/s1. The summed E-state index contributed by atoms with van der Waals surface area (Å²) >= 11 is 0. The molecule has 2 heterocycles. The highest BCUT2D eigenvalue weighted by atomic mass is 16.5. The zero-order valence-corrected chi connectivity index (χ0v) is 15.6. The number of rotatable bonds is 6. The Bertz CT molecular complexity index is 484. The van der Waals surface area contributed by atoms with Crippen molar-refractivity contribution in [1.82, 2.24) is 10.2 Å². The summed E-state index contributed by atoms with van der Waals surface area (Å²) in [5, 5.41) is 2.98. The topological polar surface area (TPSA) is 67.9 Å². The molecular weight excluding hydrogens is 320 g/mol. The van der Waals surface area contributed by atoms with E-state index in [0.717, 1.165) is 51.9 Å². The van der Waals surface area contributed by atoms with Crippen LogP contribution in [0.3, 0.4) is 0 Å². The van der Waals surface area contributed by atoms with Gasteiger partial charge in [0.15, 0.2) is 0 Å². The third-order valence-electron chi connectivity index (χ3n) is 6.12. The van der Waals surface area contributed by atoms with E-state index < -0.39 is 5.41 Å². The first-order chi connectivity index (χ1) is 12.0. The molecule has 0 radical (unpaired) electrons. The summed E-state index contributed by atoms with van der Waals surface area (Å²) < 4.78 is 10.9. The molecule has 0 bridgehead atoms. The van der Waals surface area contributed by atoms with Crippen molar-refractivity contribution in [2.75, 3.05) is 46.6 Å². The Balaban J connectivity index is 1.37. The van der Waals surface area contributed by atoms with Gasteiger partial charge in [0.25, 0.3) is 0 Å². The van der Waals surface area contributed by atoms with Crippen molar-refractivity contribution >= 4 is 11.8 Å². The van der Waals surface area contributed by atoms with Gasteiger partial charge in [-0.05, 0) is 50.9 Å². The molecule has 142 valence electrons. The molecule has 3 rings (SSSR count). The van der Waals surface area contributed by atoms with E-state index in [1.165, 1.54) is 0 Å². The first kappa shape index (κ1) is 18.6. The second-order valence-corrected chi connectivity index (χ2v) is 8.19. The van der Waals surface area contributed by atoms with Gasteiger partial charge >= 0.3 is 0 Å². The van der Waals surface area contributed by atoms with Gasteiger partial charge in [-0.1, -0.05) is 0 Å². The van der Waals surface area contributed by atoms with Gasteiger partial charge in [0.05, 0.1) is 12.0 Å². The van der Waals surface area contributed by atoms with Crippen LogP contribution in [0.2, 0.25) is 0 Å². The third-order valence-corrected chi connectivity index (χ3v) is 6.12. The van der Waals surface area contributed by atoms with Crippen LogP contribution in [0.5, 0.6) is 0 Å². The van der Waals surface area contributed by atoms with Gasteiger partial charge in [0, 0.05) is 45.9 Å². The van der Waals surface area contributed by atoms with Gasteiger partial charge in [-0.2, -0.15) is 0 Å². The minimum Gasteiger partial charge on any atom is -0.381 e. The average Bonchev–Trinajstić information content (AvgIpc) is 3.43. The highest BCUT2D eigenvalue weighted by Gasteiger charge is 2.48. The normalized spacial score (nSPS) is 32.9. The maximum absolute atomic E-state index is 12.6. The highest BCUT2D eigenvalue weighted by Crippen LogP contribution is 2.48. The van der Waals surface area contributed by atoms with Crippen LogP contribution in [-0.2, 0) is 19.1 Å². The van der Waals surface area contributed by atoms with E-state index in [9.17, 15) is 9.59 Å². The second-order valence-electron chi connectivity index (χ2n) is 8.19. The minimum absolute atomic E-state index is 0.0413. The third kappa shape index (κ3) is 4.53. The van der Waals surface area contributed by atoms with Crippen LogP contribution in [0.25, 0.3) is 0 Å². The lowest BCUT2D eigenvalue weighted by Crippen LogP contribution is -2.46. The van der Waals surface area contributed by atoms with Gasteiger partial charge in [0.1, 0.15) is 0 Å². The van der Waals surface area contributed by atoms with Crippen molar-refractivity contribution in [3.05, 3.63) is 0 Å². The number of nitrogens with zero attached hydrogens (tertiary/aromatic N) is 1. The molecule has 1 N–H and O–H groups in total. The van der Waals surface area contributed by atoms with Crippen LogP contribution in [0, 0.1) is 23.2 Å². The van der Waals surface area contributed by atoms with Crippen LogP contribution in [0.4, 0.5) is 0 Å². The number of hydrogen-bond donors (Lipinski definition) is 1. The molecule has 1 unspecified atom stereocenters. The number of hydrogen-bond acceptors (Lipinski definition) is 4. The Hall–Kier alpha value is -1.14. The fourth-order valence-corrected chi connectivity index (χ4v) is 4.22. The van der Waals surface area contributed by atoms with Gasteiger partial charge < -0.3 is 19.7 Å². The summed E-state index contributed by atoms with van der Waals surface area (Å²) in [6.45, 7) is 5.94. The predicted octanol–water partition coefficient (Wildman–Crippen LogP) is 1.44. The average molecular weight is 352 g/mol. The Labute approximate surface area is 150 Å². The summed E-state index contributed by atoms with van der Waals surface area (Å²) in [4.78, 5) is 26.7. The zero-order chi connectivity index (χ0) is 17.9. The van der Waals surface area contributed by atoms with Crippen LogP contribution in [-0.4, -0.2) is 63.3 Å². The molecule has 3 fully saturated rings. The molecule has 6 heteroatoms. The van der Waals surface area contributed by atoms with Crippen molar-refractivity contribution < 1.29 is 19.1 Å². The molecule has 0 spiro atoms. The molecule has 3 atom stereocenters. The van der Waals surface area contributed by atoms with E-state index in [1.54, 1.807) is 4.90 Å². The predicted molar refractivity (Wildman–Crippen MR) is 93.9 cm³/mol. The van der Waals surface area contributed by atoms with Gasteiger partial charge in [0.2, 0.25) is 11.8 Å². The van der Waals surface area contributed by atoms with Gasteiger partial charge in [-0.25, -0.2) is 0 Å². The van der Waals surface area contributed by atoms with Crippen LogP contribution >= 0.6 is 0 Å². The Kier molecular flexibility index (Phi) is 6.00. The lowest BCUT2D eigenvalue weighted by molar-refractivity contribution is -0.138. The van der Waals surface area contributed by atoms with E-state index >= 15 is 0 Å². The Morgan fingerprint density at radius 3 is 2.64 bits per heavy atom. The van der Waals surface area contributed by atoms with E-state index in [-0.39, 0.29) is 17.7 Å². The highest BCUT2D eigenvalue weighted by molar-refractivity contribution is 5.83. The number of likely N-dealkylation sites (N-methyl/N-ethyl adjacent to an activating group) is 1. The summed E-state index contributed by atoms with van der Waals surface area (Å²) in [6.07, 6.45) is 5.00. The Morgan fingerprint density at radius 2 is 1.96 bits per heavy atom.